The fraction of sp³-hybridized carbons (Fsp3) is 0.450. The lowest BCUT2D eigenvalue weighted by molar-refractivity contribution is 0.0895. The number of hydrogen-bond acceptors (Lipinski definition) is 3. The van der Waals surface area contributed by atoms with Crippen LogP contribution >= 0.6 is 12.4 Å². The first-order chi connectivity index (χ1) is 12.0. The molecule has 2 aromatic rings. The van der Waals surface area contributed by atoms with Crippen molar-refractivity contribution in [2.75, 3.05) is 19.6 Å². The molecule has 1 fully saturated rings. The number of halogens is 2. The Morgan fingerprint density at radius 2 is 1.88 bits per heavy atom. The van der Waals surface area contributed by atoms with Crippen LogP contribution in [0.2, 0.25) is 0 Å². The first-order valence-corrected chi connectivity index (χ1v) is 8.87. The van der Waals surface area contributed by atoms with E-state index in [1.165, 1.54) is 24.3 Å². The minimum atomic E-state index is -0.345. The fourth-order valence-electron chi connectivity index (χ4n) is 3.28. The van der Waals surface area contributed by atoms with Crippen molar-refractivity contribution in [2.45, 2.75) is 32.7 Å². The summed E-state index contributed by atoms with van der Waals surface area (Å²) in [6, 6.07) is 9.56. The number of piperidine rings is 1. The van der Waals surface area contributed by atoms with Crippen molar-refractivity contribution >= 4 is 18.3 Å². The maximum Gasteiger partial charge on any atom is 0.251 e. The molecule has 1 atom stereocenters. The Hall–Kier alpha value is -1.85. The van der Waals surface area contributed by atoms with Crippen LogP contribution in [0.5, 0.6) is 0 Å². The Labute approximate surface area is 160 Å². The van der Waals surface area contributed by atoms with Crippen molar-refractivity contribution in [3.8, 4) is 0 Å². The minimum Gasteiger partial charge on any atom is -0.465 e. The number of benzene rings is 1. The average Bonchev–Trinajstić information content (AvgIpc) is 3.03. The summed E-state index contributed by atoms with van der Waals surface area (Å²) in [4.78, 5) is 14.7. The summed E-state index contributed by atoms with van der Waals surface area (Å²) in [6.07, 6.45) is 2.31. The van der Waals surface area contributed by atoms with Crippen LogP contribution in [0, 0.1) is 18.7 Å². The molecule has 4 nitrogen and oxygen atoms in total. The highest BCUT2D eigenvalue weighted by atomic mass is 35.5. The topological polar surface area (TPSA) is 45.5 Å². The zero-order valence-corrected chi connectivity index (χ0v) is 16.0. The van der Waals surface area contributed by atoms with Crippen LogP contribution in [0.25, 0.3) is 0 Å². The second-order valence-electron chi connectivity index (χ2n) is 6.90. The average molecular weight is 381 g/mol. The van der Waals surface area contributed by atoms with Gasteiger partial charge in [0.05, 0.1) is 6.04 Å². The van der Waals surface area contributed by atoms with Crippen LogP contribution in [-0.4, -0.2) is 30.4 Å². The van der Waals surface area contributed by atoms with Crippen molar-refractivity contribution in [1.29, 1.82) is 0 Å². The summed E-state index contributed by atoms with van der Waals surface area (Å²) < 4.78 is 18.8. The van der Waals surface area contributed by atoms with Crippen molar-refractivity contribution in [3.63, 3.8) is 0 Å². The molecule has 0 spiro atoms. The number of rotatable bonds is 5. The van der Waals surface area contributed by atoms with E-state index in [2.05, 4.69) is 17.1 Å². The number of amides is 1. The van der Waals surface area contributed by atoms with Gasteiger partial charge in [0.15, 0.2) is 0 Å². The summed E-state index contributed by atoms with van der Waals surface area (Å²) in [5.41, 5.74) is 0.461. The van der Waals surface area contributed by atoms with Gasteiger partial charge in [-0.25, -0.2) is 4.39 Å². The fourth-order valence-corrected chi connectivity index (χ4v) is 3.28. The van der Waals surface area contributed by atoms with Crippen LogP contribution in [0.4, 0.5) is 4.39 Å². The van der Waals surface area contributed by atoms with Crippen molar-refractivity contribution in [2.24, 2.45) is 5.92 Å². The third kappa shape index (κ3) is 5.08. The minimum absolute atomic E-state index is 0. The molecule has 1 unspecified atom stereocenters. The number of nitrogens with one attached hydrogen (secondary N) is 1. The predicted molar refractivity (Wildman–Crippen MR) is 102 cm³/mol. The maximum atomic E-state index is 13.0. The third-order valence-corrected chi connectivity index (χ3v) is 4.91. The number of carbonyl (C=O) groups excluding carboxylic acids is 1. The predicted octanol–water partition coefficient (Wildman–Crippen LogP) is 4.35. The normalized spacial score (nSPS) is 16.7. The highest BCUT2D eigenvalue weighted by Crippen LogP contribution is 2.27. The van der Waals surface area contributed by atoms with Gasteiger partial charge >= 0.3 is 0 Å². The lowest BCUT2D eigenvalue weighted by atomic mass is 9.97. The van der Waals surface area contributed by atoms with E-state index in [4.69, 9.17) is 4.42 Å². The van der Waals surface area contributed by atoms with Crippen molar-refractivity contribution in [1.82, 2.24) is 10.2 Å². The molecule has 0 aliphatic carbocycles. The second kappa shape index (κ2) is 9.19. The molecular formula is C20H26ClFN2O2. The molecule has 1 saturated heterocycles. The van der Waals surface area contributed by atoms with E-state index in [1.807, 2.05) is 19.1 Å². The lowest BCUT2D eigenvalue weighted by Crippen LogP contribution is -2.41. The molecule has 0 radical (unpaired) electrons. The quantitative estimate of drug-likeness (QED) is 0.838. The van der Waals surface area contributed by atoms with E-state index in [0.29, 0.717) is 12.1 Å². The highest BCUT2D eigenvalue weighted by molar-refractivity contribution is 5.94. The summed E-state index contributed by atoms with van der Waals surface area (Å²) in [5, 5.41) is 2.97. The van der Waals surface area contributed by atoms with Crippen LogP contribution in [-0.2, 0) is 0 Å². The van der Waals surface area contributed by atoms with Gasteiger partial charge in [0.2, 0.25) is 0 Å². The molecule has 3 rings (SSSR count). The summed E-state index contributed by atoms with van der Waals surface area (Å²) >= 11 is 0. The van der Waals surface area contributed by atoms with Gasteiger partial charge in [-0.3, -0.25) is 9.69 Å². The molecule has 2 heterocycles. The number of hydrogen-bond donors (Lipinski definition) is 1. The smallest absolute Gasteiger partial charge is 0.251 e. The van der Waals surface area contributed by atoms with Gasteiger partial charge in [-0.15, -0.1) is 12.4 Å². The van der Waals surface area contributed by atoms with Gasteiger partial charge in [0, 0.05) is 12.1 Å². The molecule has 1 aromatic carbocycles. The number of aryl methyl sites for hydroxylation is 1. The monoisotopic (exact) mass is 380 g/mol. The number of nitrogens with zero attached hydrogens (tertiary/aromatic N) is 1. The van der Waals surface area contributed by atoms with E-state index < -0.39 is 0 Å². The number of furan rings is 1. The molecule has 1 aliphatic rings. The van der Waals surface area contributed by atoms with E-state index in [1.54, 1.807) is 0 Å². The third-order valence-electron chi connectivity index (χ3n) is 4.91. The van der Waals surface area contributed by atoms with Crippen molar-refractivity contribution < 1.29 is 13.6 Å². The zero-order valence-electron chi connectivity index (χ0n) is 15.2. The Morgan fingerprint density at radius 3 is 2.46 bits per heavy atom. The first-order valence-electron chi connectivity index (χ1n) is 8.87. The zero-order chi connectivity index (χ0) is 17.8. The second-order valence-corrected chi connectivity index (χ2v) is 6.90. The van der Waals surface area contributed by atoms with E-state index in [0.717, 1.165) is 43.4 Å². The van der Waals surface area contributed by atoms with E-state index in [-0.39, 0.29) is 30.2 Å². The number of likely N-dealkylation sites (tertiary alicyclic amines) is 1. The van der Waals surface area contributed by atoms with Gasteiger partial charge in [-0.05, 0) is 75.2 Å². The first kappa shape index (κ1) is 20.5. The van der Waals surface area contributed by atoms with Crippen LogP contribution in [0.15, 0.2) is 40.8 Å². The SMILES string of the molecule is Cc1ccc(C(CNC(=O)c2ccc(F)cc2)N2CCC(C)CC2)o1.Cl. The standard InChI is InChI=1S/C20H25FN2O2.ClH/c1-14-9-11-23(12-10-14)18(19-8-3-15(2)25-19)13-22-20(24)16-4-6-17(21)7-5-16;/h3-8,14,18H,9-13H2,1-2H3,(H,22,24);1H. The van der Waals surface area contributed by atoms with E-state index in [9.17, 15) is 9.18 Å². The molecule has 1 amide bonds. The maximum absolute atomic E-state index is 13.0. The van der Waals surface area contributed by atoms with Gasteiger partial charge in [0.1, 0.15) is 17.3 Å². The van der Waals surface area contributed by atoms with Gasteiger partial charge in [-0.2, -0.15) is 0 Å². The Morgan fingerprint density at radius 1 is 1.23 bits per heavy atom. The van der Waals surface area contributed by atoms with Gasteiger partial charge in [-0.1, -0.05) is 6.92 Å². The Balaban J connectivity index is 0.00000243. The lowest BCUT2D eigenvalue weighted by Gasteiger charge is -2.35. The molecule has 6 heteroatoms. The Bertz CT molecular complexity index is 709. The van der Waals surface area contributed by atoms with Crippen LogP contribution < -0.4 is 5.32 Å². The van der Waals surface area contributed by atoms with Crippen molar-refractivity contribution in [3.05, 3.63) is 59.3 Å². The summed E-state index contributed by atoms with van der Waals surface area (Å²) in [7, 11) is 0. The molecule has 0 saturated carbocycles. The highest BCUT2D eigenvalue weighted by Gasteiger charge is 2.27. The summed E-state index contributed by atoms with van der Waals surface area (Å²) in [6.45, 7) is 6.67. The summed E-state index contributed by atoms with van der Waals surface area (Å²) in [5.74, 6) is 1.95. The molecule has 142 valence electrons. The largest absolute Gasteiger partial charge is 0.465 e. The molecule has 1 aromatic heterocycles. The number of carbonyl (C=O) groups is 1. The van der Waals surface area contributed by atoms with Crippen LogP contribution in [0.1, 0.15) is 47.7 Å². The molecule has 1 aliphatic heterocycles. The molecule has 1 N–H and O–H groups in total. The Kier molecular flexibility index (Phi) is 7.23. The molecule has 0 bridgehead atoms. The van der Waals surface area contributed by atoms with Crippen LogP contribution in [0.3, 0.4) is 0 Å². The molecule has 26 heavy (non-hydrogen) atoms. The van der Waals surface area contributed by atoms with Gasteiger partial charge < -0.3 is 9.73 Å². The molecular weight excluding hydrogens is 355 g/mol. The van der Waals surface area contributed by atoms with Gasteiger partial charge in [0.25, 0.3) is 5.91 Å². The van der Waals surface area contributed by atoms with E-state index >= 15 is 0 Å².